The van der Waals surface area contributed by atoms with Gasteiger partial charge in [-0.3, -0.25) is 9.36 Å². The SMILES string of the molecule is CCC(CC1CC1)n1c(N)cc2ccccc2c1=O. The first-order valence-electron chi connectivity index (χ1n) is 7.10. The van der Waals surface area contributed by atoms with E-state index in [-0.39, 0.29) is 11.6 Å². The van der Waals surface area contributed by atoms with Gasteiger partial charge in [0.05, 0.1) is 0 Å². The third kappa shape index (κ3) is 2.25. The lowest BCUT2D eigenvalue weighted by Gasteiger charge is -2.21. The molecule has 3 nitrogen and oxygen atoms in total. The monoisotopic (exact) mass is 256 g/mol. The molecular weight excluding hydrogens is 236 g/mol. The fourth-order valence-corrected chi connectivity index (χ4v) is 2.86. The third-order valence-corrected chi connectivity index (χ3v) is 4.13. The number of nitrogen functional groups attached to an aromatic ring is 1. The Hall–Kier alpha value is -1.77. The lowest BCUT2D eigenvalue weighted by molar-refractivity contribution is 0.425. The van der Waals surface area contributed by atoms with Crippen molar-refractivity contribution in [2.45, 2.75) is 38.6 Å². The number of hydrogen-bond donors (Lipinski definition) is 1. The maximum atomic E-state index is 12.6. The Morgan fingerprint density at radius 3 is 2.79 bits per heavy atom. The second-order valence-corrected chi connectivity index (χ2v) is 5.57. The van der Waals surface area contributed by atoms with Crippen LogP contribution in [0.2, 0.25) is 0 Å². The first kappa shape index (κ1) is 12.3. The number of pyridine rings is 1. The van der Waals surface area contributed by atoms with Crippen LogP contribution in [0.5, 0.6) is 0 Å². The molecule has 0 amide bonds. The fraction of sp³-hybridized carbons (Fsp3) is 0.438. The molecule has 19 heavy (non-hydrogen) atoms. The topological polar surface area (TPSA) is 48.0 Å². The molecule has 1 fully saturated rings. The molecule has 3 rings (SSSR count). The summed E-state index contributed by atoms with van der Waals surface area (Å²) in [6, 6.07) is 9.84. The van der Waals surface area contributed by atoms with Crippen molar-refractivity contribution in [1.29, 1.82) is 0 Å². The summed E-state index contributed by atoms with van der Waals surface area (Å²) < 4.78 is 1.81. The van der Waals surface area contributed by atoms with Gasteiger partial charge in [0, 0.05) is 11.4 Å². The Morgan fingerprint density at radius 1 is 1.37 bits per heavy atom. The normalized spacial score (nSPS) is 16.7. The van der Waals surface area contributed by atoms with Gasteiger partial charge in [-0.05, 0) is 36.3 Å². The number of nitrogens with two attached hydrogens (primary N) is 1. The van der Waals surface area contributed by atoms with Gasteiger partial charge < -0.3 is 5.73 Å². The highest BCUT2D eigenvalue weighted by atomic mass is 16.1. The number of fused-ring (bicyclic) bond motifs is 1. The molecule has 1 aromatic heterocycles. The van der Waals surface area contributed by atoms with Crippen LogP contribution in [-0.2, 0) is 0 Å². The molecule has 0 spiro atoms. The summed E-state index contributed by atoms with van der Waals surface area (Å²) in [7, 11) is 0. The summed E-state index contributed by atoms with van der Waals surface area (Å²) in [4.78, 5) is 12.6. The van der Waals surface area contributed by atoms with Crippen molar-refractivity contribution in [2.75, 3.05) is 5.73 Å². The lowest BCUT2D eigenvalue weighted by Crippen LogP contribution is -2.27. The summed E-state index contributed by atoms with van der Waals surface area (Å²) in [5, 5.41) is 1.70. The average molecular weight is 256 g/mol. The van der Waals surface area contributed by atoms with Crippen molar-refractivity contribution < 1.29 is 0 Å². The van der Waals surface area contributed by atoms with E-state index in [0.29, 0.717) is 5.82 Å². The van der Waals surface area contributed by atoms with Crippen molar-refractivity contribution in [3.05, 3.63) is 40.7 Å². The Balaban J connectivity index is 2.13. The average Bonchev–Trinajstić information content (AvgIpc) is 3.21. The van der Waals surface area contributed by atoms with E-state index in [0.717, 1.165) is 29.5 Å². The first-order valence-corrected chi connectivity index (χ1v) is 7.10. The molecule has 0 bridgehead atoms. The number of nitrogens with zero attached hydrogens (tertiary/aromatic N) is 1. The van der Waals surface area contributed by atoms with E-state index in [1.54, 1.807) is 4.57 Å². The molecule has 1 aromatic carbocycles. The van der Waals surface area contributed by atoms with Gasteiger partial charge in [-0.1, -0.05) is 38.0 Å². The van der Waals surface area contributed by atoms with Gasteiger partial charge in [-0.25, -0.2) is 0 Å². The molecule has 1 saturated carbocycles. The molecule has 1 aliphatic rings. The van der Waals surface area contributed by atoms with Gasteiger partial charge in [-0.15, -0.1) is 0 Å². The minimum atomic E-state index is 0.0584. The quantitative estimate of drug-likeness (QED) is 0.912. The van der Waals surface area contributed by atoms with E-state index in [1.165, 1.54) is 12.8 Å². The second kappa shape index (κ2) is 4.72. The minimum absolute atomic E-state index is 0.0584. The van der Waals surface area contributed by atoms with Crippen molar-refractivity contribution in [1.82, 2.24) is 4.57 Å². The van der Waals surface area contributed by atoms with Crippen LogP contribution in [0.3, 0.4) is 0 Å². The first-order chi connectivity index (χ1) is 9.20. The Labute approximate surface area is 113 Å². The third-order valence-electron chi connectivity index (χ3n) is 4.13. The Morgan fingerprint density at radius 2 is 2.11 bits per heavy atom. The number of hydrogen-bond acceptors (Lipinski definition) is 2. The zero-order valence-corrected chi connectivity index (χ0v) is 11.3. The number of benzene rings is 1. The summed E-state index contributed by atoms with van der Waals surface area (Å²) in [5.41, 5.74) is 6.18. The van der Waals surface area contributed by atoms with Crippen LogP contribution in [0.25, 0.3) is 10.8 Å². The molecule has 1 atom stereocenters. The molecule has 1 unspecified atom stereocenters. The van der Waals surface area contributed by atoms with Gasteiger partial charge in [0.25, 0.3) is 5.56 Å². The van der Waals surface area contributed by atoms with Crippen LogP contribution < -0.4 is 11.3 Å². The highest BCUT2D eigenvalue weighted by Crippen LogP contribution is 2.38. The minimum Gasteiger partial charge on any atom is -0.385 e. The molecule has 1 aliphatic carbocycles. The highest BCUT2D eigenvalue weighted by molar-refractivity contribution is 5.83. The molecule has 1 heterocycles. The summed E-state index contributed by atoms with van der Waals surface area (Å²) in [6.45, 7) is 2.13. The summed E-state index contributed by atoms with van der Waals surface area (Å²) in [5.74, 6) is 1.39. The maximum Gasteiger partial charge on any atom is 0.260 e. The Bertz CT molecular complexity index is 655. The van der Waals surface area contributed by atoms with Crippen LogP contribution >= 0.6 is 0 Å². The predicted molar refractivity (Wildman–Crippen MR) is 79.3 cm³/mol. The molecule has 2 aromatic rings. The molecule has 0 saturated heterocycles. The van der Waals surface area contributed by atoms with Gasteiger partial charge >= 0.3 is 0 Å². The van der Waals surface area contributed by atoms with Crippen LogP contribution in [0.4, 0.5) is 5.82 Å². The number of anilines is 1. The molecule has 2 N–H and O–H groups in total. The van der Waals surface area contributed by atoms with E-state index in [2.05, 4.69) is 6.92 Å². The van der Waals surface area contributed by atoms with Crippen molar-refractivity contribution in [3.8, 4) is 0 Å². The number of rotatable bonds is 4. The van der Waals surface area contributed by atoms with E-state index in [1.807, 2.05) is 30.3 Å². The highest BCUT2D eigenvalue weighted by Gasteiger charge is 2.26. The van der Waals surface area contributed by atoms with Gasteiger partial charge in [0.15, 0.2) is 0 Å². The van der Waals surface area contributed by atoms with Crippen LogP contribution in [0.15, 0.2) is 35.1 Å². The van der Waals surface area contributed by atoms with Crippen LogP contribution in [-0.4, -0.2) is 4.57 Å². The van der Waals surface area contributed by atoms with E-state index < -0.39 is 0 Å². The largest absolute Gasteiger partial charge is 0.385 e. The fourth-order valence-electron chi connectivity index (χ4n) is 2.86. The summed E-state index contributed by atoms with van der Waals surface area (Å²) in [6.07, 6.45) is 4.65. The summed E-state index contributed by atoms with van der Waals surface area (Å²) >= 11 is 0. The molecule has 0 aliphatic heterocycles. The van der Waals surface area contributed by atoms with Gasteiger partial charge in [0.1, 0.15) is 5.82 Å². The maximum absolute atomic E-state index is 12.6. The van der Waals surface area contributed by atoms with Crippen molar-refractivity contribution in [3.63, 3.8) is 0 Å². The molecule has 0 radical (unpaired) electrons. The van der Waals surface area contributed by atoms with E-state index in [9.17, 15) is 4.79 Å². The Kier molecular flexibility index (Phi) is 3.05. The standard InChI is InChI=1S/C16H20N2O/c1-2-13(9-11-7-8-11)18-15(17)10-12-5-3-4-6-14(12)16(18)19/h3-6,10-11,13H,2,7-9,17H2,1H3. The van der Waals surface area contributed by atoms with E-state index in [4.69, 9.17) is 5.73 Å². The number of aromatic nitrogens is 1. The molecule has 100 valence electrons. The second-order valence-electron chi connectivity index (χ2n) is 5.57. The van der Waals surface area contributed by atoms with Crippen LogP contribution in [0.1, 0.15) is 38.6 Å². The van der Waals surface area contributed by atoms with Crippen molar-refractivity contribution >= 4 is 16.6 Å². The smallest absolute Gasteiger partial charge is 0.260 e. The van der Waals surface area contributed by atoms with Crippen molar-refractivity contribution in [2.24, 2.45) is 5.92 Å². The van der Waals surface area contributed by atoms with Crippen LogP contribution in [0, 0.1) is 5.92 Å². The van der Waals surface area contributed by atoms with Gasteiger partial charge in [-0.2, -0.15) is 0 Å². The molecule has 3 heteroatoms. The molecular formula is C16H20N2O. The zero-order chi connectivity index (χ0) is 13.4. The van der Waals surface area contributed by atoms with Gasteiger partial charge in [0.2, 0.25) is 0 Å². The zero-order valence-electron chi connectivity index (χ0n) is 11.3. The lowest BCUT2D eigenvalue weighted by atomic mass is 10.1. The predicted octanol–water partition coefficient (Wildman–Crippen LogP) is 3.33. The van der Waals surface area contributed by atoms with E-state index >= 15 is 0 Å².